The normalized spacial score (nSPS) is 18.7. The van der Waals surface area contributed by atoms with Crippen LogP contribution in [0.2, 0.25) is 5.15 Å². The van der Waals surface area contributed by atoms with Crippen LogP contribution in [-0.2, 0) is 11.3 Å². The Labute approximate surface area is 129 Å². The lowest BCUT2D eigenvalue weighted by Crippen LogP contribution is -2.61. The fraction of sp³-hybridized carbons (Fsp3) is 0.375. The molecule has 0 saturated carbocycles. The van der Waals surface area contributed by atoms with Crippen molar-refractivity contribution in [3.05, 3.63) is 41.0 Å². The van der Waals surface area contributed by atoms with Crippen LogP contribution in [0.5, 0.6) is 0 Å². The van der Waals surface area contributed by atoms with Gasteiger partial charge in [0.1, 0.15) is 5.15 Å². The van der Waals surface area contributed by atoms with Crippen LogP contribution in [0.25, 0.3) is 10.9 Å². The van der Waals surface area contributed by atoms with E-state index in [1.807, 2.05) is 38.1 Å². The van der Waals surface area contributed by atoms with Crippen molar-refractivity contribution in [2.24, 2.45) is 0 Å². The van der Waals surface area contributed by atoms with Crippen LogP contribution in [0.3, 0.4) is 0 Å². The minimum Gasteiger partial charge on any atom is -0.353 e. The molecule has 1 aliphatic heterocycles. The van der Waals surface area contributed by atoms with Crippen molar-refractivity contribution in [3.63, 3.8) is 0 Å². The molecule has 1 aliphatic rings. The average Bonchev–Trinajstić information content (AvgIpc) is 2.45. The zero-order chi connectivity index (χ0) is 15.0. The largest absolute Gasteiger partial charge is 0.353 e. The predicted octanol–water partition coefficient (Wildman–Crippen LogP) is 2.60. The number of aromatic nitrogens is 1. The first-order valence-corrected chi connectivity index (χ1v) is 7.44. The van der Waals surface area contributed by atoms with Gasteiger partial charge in [0.2, 0.25) is 5.91 Å². The third-order valence-electron chi connectivity index (χ3n) is 4.12. The topological polar surface area (TPSA) is 45.2 Å². The van der Waals surface area contributed by atoms with Crippen molar-refractivity contribution in [3.8, 4) is 0 Å². The summed E-state index contributed by atoms with van der Waals surface area (Å²) in [5, 5.41) is 4.48. The van der Waals surface area contributed by atoms with E-state index in [9.17, 15) is 4.79 Å². The molecule has 1 aromatic carbocycles. The highest BCUT2D eigenvalue weighted by molar-refractivity contribution is 6.30. The van der Waals surface area contributed by atoms with E-state index in [0.29, 0.717) is 18.2 Å². The molecule has 110 valence electrons. The molecule has 1 saturated heterocycles. The molecule has 4 nitrogen and oxygen atoms in total. The van der Waals surface area contributed by atoms with Gasteiger partial charge >= 0.3 is 0 Å². The molecular weight excluding hydrogens is 286 g/mol. The smallest absolute Gasteiger partial charge is 0.240 e. The van der Waals surface area contributed by atoms with Gasteiger partial charge in [0.05, 0.1) is 11.1 Å². The highest BCUT2D eigenvalue weighted by atomic mass is 35.5. The Kier molecular flexibility index (Phi) is 3.59. The average molecular weight is 304 g/mol. The lowest BCUT2D eigenvalue weighted by Gasteiger charge is -2.41. The number of nitrogens with one attached hydrogen (secondary N) is 1. The fourth-order valence-corrected chi connectivity index (χ4v) is 2.88. The molecule has 0 spiro atoms. The monoisotopic (exact) mass is 303 g/mol. The summed E-state index contributed by atoms with van der Waals surface area (Å²) in [5.74, 6) is 0.0543. The SMILES string of the molecule is CC1(C)C(=O)NCCN1Cc1cc2ccccc2nc1Cl. The van der Waals surface area contributed by atoms with Gasteiger partial charge < -0.3 is 5.32 Å². The zero-order valence-electron chi connectivity index (χ0n) is 12.2. The Bertz CT molecular complexity index is 699. The second kappa shape index (κ2) is 5.28. The van der Waals surface area contributed by atoms with E-state index >= 15 is 0 Å². The first-order chi connectivity index (χ1) is 9.98. The fourth-order valence-electron chi connectivity index (χ4n) is 2.67. The molecule has 0 unspecified atom stereocenters. The highest BCUT2D eigenvalue weighted by Crippen LogP contribution is 2.26. The van der Waals surface area contributed by atoms with Crippen molar-refractivity contribution >= 4 is 28.4 Å². The number of pyridine rings is 1. The highest BCUT2D eigenvalue weighted by Gasteiger charge is 2.37. The molecule has 1 N–H and O–H groups in total. The number of rotatable bonds is 2. The second-order valence-electron chi connectivity index (χ2n) is 5.87. The Morgan fingerprint density at radius 2 is 2.14 bits per heavy atom. The third kappa shape index (κ3) is 2.61. The Morgan fingerprint density at radius 1 is 1.38 bits per heavy atom. The molecule has 0 radical (unpaired) electrons. The summed E-state index contributed by atoms with van der Waals surface area (Å²) in [6.07, 6.45) is 0. The molecule has 21 heavy (non-hydrogen) atoms. The van der Waals surface area contributed by atoms with Crippen molar-refractivity contribution in [1.29, 1.82) is 0 Å². The number of carbonyl (C=O) groups excluding carboxylic acids is 1. The number of fused-ring (bicyclic) bond motifs is 1. The molecule has 1 amide bonds. The summed E-state index contributed by atoms with van der Waals surface area (Å²) in [7, 11) is 0. The number of benzene rings is 1. The summed E-state index contributed by atoms with van der Waals surface area (Å²) >= 11 is 6.31. The minimum absolute atomic E-state index is 0.0543. The number of hydrogen-bond donors (Lipinski definition) is 1. The summed E-state index contributed by atoms with van der Waals surface area (Å²) in [5.41, 5.74) is 1.31. The summed E-state index contributed by atoms with van der Waals surface area (Å²) in [6.45, 7) is 5.97. The van der Waals surface area contributed by atoms with Gasteiger partial charge in [-0.25, -0.2) is 4.98 Å². The number of nitrogens with zero attached hydrogens (tertiary/aromatic N) is 2. The van der Waals surface area contributed by atoms with Crippen LogP contribution in [0.4, 0.5) is 0 Å². The zero-order valence-corrected chi connectivity index (χ0v) is 12.9. The quantitative estimate of drug-likeness (QED) is 0.867. The van der Waals surface area contributed by atoms with Crippen LogP contribution in [0, 0.1) is 0 Å². The standard InChI is InChI=1S/C16H18ClN3O/c1-16(2)15(21)18-7-8-20(16)10-12-9-11-5-3-4-6-13(11)19-14(12)17/h3-6,9H,7-8,10H2,1-2H3,(H,18,21). The van der Waals surface area contributed by atoms with Gasteiger partial charge in [0.25, 0.3) is 0 Å². The molecule has 0 aliphatic carbocycles. The Balaban J connectivity index is 1.94. The molecule has 1 aromatic heterocycles. The molecular formula is C16H18ClN3O. The summed E-state index contributed by atoms with van der Waals surface area (Å²) in [4.78, 5) is 18.6. The number of hydrogen-bond acceptors (Lipinski definition) is 3. The number of para-hydroxylation sites is 1. The number of carbonyl (C=O) groups is 1. The van der Waals surface area contributed by atoms with Gasteiger partial charge in [-0.1, -0.05) is 29.8 Å². The molecule has 2 aromatic rings. The Hall–Kier alpha value is -1.65. The van der Waals surface area contributed by atoms with Crippen molar-refractivity contribution in [2.75, 3.05) is 13.1 Å². The molecule has 0 bridgehead atoms. The maximum Gasteiger partial charge on any atom is 0.240 e. The van der Waals surface area contributed by atoms with Crippen LogP contribution in [-0.4, -0.2) is 34.4 Å². The molecule has 1 fully saturated rings. The van der Waals surface area contributed by atoms with E-state index in [-0.39, 0.29) is 5.91 Å². The molecule has 5 heteroatoms. The molecule has 3 rings (SSSR count). The Morgan fingerprint density at radius 3 is 2.95 bits per heavy atom. The van der Waals surface area contributed by atoms with E-state index < -0.39 is 5.54 Å². The second-order valence-corrected chi connectivity index (χ2v) is 6.23. The van der Waals surface area contributed by atoms with Crippen LogP contribution in [0.1, 0.15) is 19.4 Å². The third-order valence-corrected chi connectivity index (χ3v) is 4.45. The van der Waals surface area contributed by atoms with Crippen molar-refractivity contribution in [1.82, 2.24) is 15.2 Å². The van der Waals surface area contributed by atoms with Crippen LogP contribution < -0.4 is 5.32 Å². The van der Waals surface area contributed by atoms with E-state index in [1.54, 1.807) is 0 Å². The summed E-state index contributed by atoms with van der Waals surface area (Å²) in [6, 6.07) is 9.97. The van der Waals surface area contributed by atoms with E-state index in [4.69, 9.17) is 11.6 Å². The maximum atomic E-state index is 12.0. The van der Waals surface area contributed by atoms with E-state index in [0.717, 1.165) is 23.0 Å². The van der Waals surface area contributed by atoms with Gasteiger partial charge in [-0.2, -0.15) is 0 Å². The lowest BCUT2D eigenvalue weighted by molar-refractivity contribution is -0.135. The number of halogens is 1. The van der Waals surface area contributed by atoms with Gasteiger partial charge in [0, 0.05) is 30.6 Å². The van der Waals surface area contributed by atoms with Crippen LogP contribution >= 0.6 is 11.6 Å². The van der Waals surface area contributed by atoms with Gasteiger partial charge in [-0.05, 0) is 26.0 Å². The van der Waals surface area contributed by atoms with E-state index in [1.165, 1.54) is 0 Å². The van der Waals surface area contributed by atoms with Gasteiger partial charge in [-0.15, -0.1) is 0 Å². The number of piperazine rings is 1. The first kappa shape index (κ1) is 14.3. The minimum atomic E-state index is -0.535. The van der Waals surface area contributed by atoms with E-state index in [2.05, 4.69) is 21.3 Å². The van der Waals surface area contributed by atoms with Gasteiger partial charge in [0.15, 0.2) is 0 Å². The predicted molar refractivity (Wildman–Crippen MR) is 84.3 cm³/mol. The number of amides is 1. The lowest BCUT2D eigenvalue weighted by atomic mass is 9.98. The molecule has 0 atom stereocenters. The van der Waals surface area contributed by atoms with Gasteiger partial charge in [-0.3, -0.25) is 9.69 Å². The molecule has 2 heterocycles. The first-order valence-electron chi connectivity index (χ1n) is 7.06. The summed E-state index contributed by atoms with van der Waals surface area (Å²) < 4.78 is 0. The van der Waals surface area contributed by atoms with Crippen molar-refractivity contribution in [2.45, 2.75) is 25.9 Å². The van der Waals surface area contributed by atoms with Crippen molar-refractivity contribution < 1.29 is 4.79 Å². The maximum absolute atomic E-state index is 12.0. The van der Waals surface area contributed by atoms with Crippen LogP contribution in [0.15, 0.2) is 30.3 Å².